The van der Waals surface area contributed by atoms with Gasteiger partial charge in [-0.05, 0) is 33.1 Å². The lowest BCUT2D eigenvalue weighted by molar-refractivity contribution is -0.786. The van der Waals surface area contributed by atoms with E-state index >= 15 is 0 Å². The van der Waals surface area contributed by atoms with E-state index in [0.29, 0.717) is 24.4 Å². The molecule has 0 amide bonds. The van der Waals surface area contributed by atoms with Gasteiger partial charge in [0.1, 0.15) is 0 Å². The van der Waals surface area contributed by atoms with Gasteiger partial charge in [0.15, 0.2) is 0 Å². The van der Waals surface area contributed by atoms with Crippen molar-refractivity contribution in [2.75, 3.05) is 19.7 Å². The predicted octanol–water partition coefficient (Wildman–Crippen LogP) is 0.944. The molecule has 0 bridgehead atoms. The lowest BCUT2D eigenvalue weighted by Crippen LogP contribution is -2.40. The SMILES string of the molecule is CC(C)OC(=O)CCCON[N+](=O)N1CCCC1. The third kappa shape index (κ3) is 5.81. The summed E-state index contributed by atoms with van der Waals surface area (Å²) in [5, 5.41) is 1.63. The third-order valence-corrected chi connectivity index (χ3v) is 2.48. The number of hydrazine groups is 2. The van der Waals surface area contributed by atoms with E-state index in [1.165, 1.54) is 0 Å². The Morgan fingerprint density at radius 2 is 2.06 bits per heavy atom. The van der Waals surface area contributed by atoms with Crippen LogP contribution in [0, 0.1) is 4.91 Å². The molecule has 1 aliphatic heterocycles. The Labute approximate surface area is 107 Å². The lowest BCUT2D eigenvalue weighted by Gasteiger charge is -2.07. The van der Waals surface area contributed by atoms with Gasteiger partial charge in [-0.25, -0.2) is 4.84 Å². The van der Waals surface area contributed by atoms with Gasteiger partial charge < -0.3 is 4.74 Å². The molecule has 0 saturated carbocycles. The van der Waals surface area contributed by atoms with Gasteiger partial charge >= 0.3 is 5.97 Å². The number of nitroso groups, excluding NO2 is 1. The van der Waals surface area contributed by atoms with Crippen molar-refractivity contribution in [1.29, 1.82) is 0 Å². The molecule has 0 aromatic rings. The molecule has 0 atom stereocenters. The van der Waals surface area contributed by atoms with E-state index in [1.54, 1.807) is 18.9 Å². The highest BCUT2D eigenvalue weighted by molar-refractivity contribution is 5.69. The van der Waals surface area contributed by atoms with Crippen LogP contribution < -0.4 is 5.59 Å². The van der Waals surface area contributed by atoms with Gasteiger partial charge in [-0.15, -0.1) is 5.01 Å². The third-order valence-electron chi connectivity index (χ3n) is 2.48. The average Bonchev–Trinajstić information content (AvgIpc) is 2.80. The maximum Gasteiger partial charge on any atom is 0.306 e. The fourth-order valence-corrected chi connectivity index (χ4v) is 1.65. The number of nitrogens with zero attached hydrogens (tertiary/aromatic N) is 2. The Balaban J connectivity index is 1.98. The Morgan fingerprint density at radius 3 is 2.67 bits per heavy atom. The Hall–Kier alpha value is -1.37. The standard InChI is InChI=1S/C11H22N3O4/c1-10(2)18-11(15)6-5-9-17-12-14(16)13-7-3-4-8-13/h10H,3-9H2,1-2H3,(H,12,16)/q+1. The summed E-state index contributed by atoms with van der Waals surface area (Å²) in [5.41, 5.74) is 2.29. The van der Waals surface area contributed by atoms with Gasteiger partial charge in [-0.2, -0.15) is 0 Å². The number of carbonyl (C=O) groups is 1. The first-order chi connectivity index (χ1) is 8.59. The highest BCUT2D eigenvalue weighted by Gasteiger charge is 2.24. The maximum absolute atomic E-state index is 11.4. The first-order valence-electron chi connectivity index (χ1n) is 6.38. The minimum absolute atomic E-state index is 0.0937. The van der Waals surface area contributed by atoms with E-state index in [2.05, 4.69) is 5.59 Å². The molecular weight excluding hydrogens is 238 g/mol. The second-order valence-corrected chi connectivity index (χ2v) is 4.52. The van der Waals surface area contributed by atoms with E-state index in [1.807, 2.05) is 0 Å². The molecule has 1 N–H and O–H groups in total. The molecule has 0 aromatic carbocycles. The van der Waals surface area contributed by atoms with Crippen molar-refractivity contribution < 1.29 is 19.3 Å². The summed E-state index contributed by atoms with van der Waals surface area (Å²) in [7, 11) is 0. The van der Waals surface area contributed by atoms with Crippen LogP contribution in [0.1, 0.15) is 39.5 Å². The zero-order valence-electron chi connectivity index (χ0n) is 11.1. The maximum atomic E-state index is 11.4. The van der Waals surface area contributed by atoms with Crippen molar-refractivity contribution in [3.63, 3.8) is 0 Å². The number of rotatable bonds is 8. The van der Waals surface area contributed by atoms with Crippen LogP contribution >= 0.6 is 0 Å². The number of ether oxygens (including phenoxy) is 1. The Bertz CT molecular complexity index is 277. The summed E-state index contributed by atoms with van der Waals surface area (Å²) in [4.78, 5) is 28.2. The molecule has 1 heterocycles. The van der Waals surface area contributed by atoms with Crippen LogP contribution in [0.3, 0.4) is 0 Å². The molecule has 18 heavy (non-hydrogen) atoms. The topological polar surface area (TPSA) is 70.9 Å². The zero-order chi connectivity index (χ0) is 13.4. The second-order valence-electron chi connectivity index (χ2n) is 4.52. The van der Waals surface area contributed by atoms with Crippen LogP contribution in [0.5, 0.6) is 0 Å². The molecule has 7 nitrogen and oxygen atoms in total. The van der Waals surface area contributed by atoms with Crippen molar-refractivity contribution in [1.82, 2.24) is 10.6 Å². The van der Waals surface area contributed by atoms with Crippen molar-refractivity contribution >= 4 is 5.97 Å². The van der Waals surface area contributed by atoms with E-state index < -0.39 is 0 Å². The fourth-order valence-electron chi connectivity index (χ4n) is 1.65. The van der Waals surface area contributed by atoms with Crippen LogP contribution in [0.4, 0.5) is 0 Å². The summed E-state index contributed by atoms with van der Waals surface area (Å²) in [6.45, 7) is 5.41. The Morgan fingerprint density at radius 1 is 1.39 bits per heavy atom. The van der Waals surface area contributed by atoms with Crippen LogP contribution in [0.25, 0.3) is 0 Å². The van der Waals surface area contributed by atoms with E-state index in [4.69, 9.17) is 9.57 Å². The molecule has 104 valence electrons. The van der Waals surface area contributed by atoms with Gasteiger partial charge in [0.25, 0.3) is 4.98 Å². The molecule has 1 fully saturated rings. The quantitative estimate of drug-likeness (QED) is 0.303. The first kappa shape index (κ1) is 14.7. The minimum atomic E-state index is -0.243. The van der Waals surface area contributed by atoms with Gasteiger partial charge in [-0.1, -0.05) is 0 Å². The predicted molar refractivity (Wildman–Crippen MR) is 64.0 cm³/mol. The number of nitrogens with one attached hydrogen (secondary N) is 1. The highest BCUT2D eigenvalue weighted by Crippen LogP contribution is 2.05. The van der Waals surface area contributed by atoms with E-state index in [9.17, 15) is 9.70 Å². The summed E-state index contributed by atoms with van der Waals surface area (Å²) >= 11 is 0. The number of carbonyl (C=O) groups excluding carboxylic acids is 1. The molecule has 0 aliphatic carbocycles. The van der Waals surface area contributed by atoms with Crippen molar-refractivity contribution in [2.24, 2.45) is 0 Å². The highest BCUT2D eigenvalue weighted by atomic mass is 16.7. The van der Waals surface area contributed by atoms with Gasteiger partial charge in [-0.3, -0.25) is 4.79 Å². The molecule has 1 saturated heterocycles. The Kier molecular flexibility index (Phi) is 6.42. The lowest BCUT2D eigenvalue weighted by atomic mass is 10.3. The molecular formula is C11H22N3O4+. The van der Waals surface area contributed by atoms with Crippen molar-refractivity contribution in [3.05, 3.63) is 4.91 Å². The van der Waals surface area contributed by atoms with E-state index in [0.717, 1.165) is 25.9 Å². The molecule has 0 aromatic heterocycles. The summed E-state index contributed by atoms with van der Waals surface area (Å²) in [6, 6.07) is 0. The normalized spacial score (nSPS) is 14.9. The summed E-state index contributed by atoms with van der Waals surface area (Å²) in [6.07, 6.45) is 2.78. The zero-order valence-corrected chi connectivity index (χ0v) is 11.1. The van der Waals surface area contributed by atoms with Crippen LogP contribution in [-0.2, 0) is 14.4 Å². The van der Waals surface area contributed by atoms with Gasteiger partial charge in [0.05, 0.1) is 30.7 Å². The van der Waals surface area contributed by atoms with Crippen LogP contribution in [0.2, 0.25) is 0 Å². The average molecular weight is 260 g/mol. The molecule has 1 aliphatic rings. The van der Waals surface area contributed by atoms with Crippen molar-refractivity contribution in [3.8, 4) is 0 Å². The largest absolute Gasteiger partial charge is 0.463 e. The summed E-state index contributed by atoms with van der Waals surface area (Å²) < 4.78 is 4.96. The number of esters is 1. The first-order valence-corrected chi connectivity index (χ1v) is 6.38. The van der Waals surface area contributed by atoms with E-state index in [-0.39, 0.29) is 12.1 Å². The fraction of sp³-hybridized carbons (Fsp3) is 0.909. The minimum Gasteiger partial charge on any atom is -0.463 e. The van der Waals surface area contributed by atoms with Gasteiger partial charge in [0, 0.05) is 12.0 Å². The number of hydrogen-bond acceptors (Lipinski definition) is 4. The molecule has 7 heteroatoms. The van der Waals surface area contributed by atoms with Crippen LogP contribution in [-0.4, -0.2) is 41.8 Å². The second kappa shape index (κ2) is 7.86. The molecule has 1 rings (SSSR count). The van der Waals surface area contributed by atoms with Crippen molar-refractivity contribution in [2.45, 2.75) is 45.6 Å². The van der Waals surface area contributed by atoms with Crippen LogP contribution in [0.15, 0.2) is 0 Å². The molecule has 0 unspecified atom stereocenters. The number of hydrogen-bond donors (Lipinski definition) is 1. The molecule has 0 radical (unpaired) electrons. The molecule has 0 spiro atoms. The monoisotopic (exact) mass is 260 g/mol. The summed E-state index contributed by atoms with van der Waals surface area (Å²) in [5.74, 6) is -0.243. The smallest absolute Gasteiger partial charge is 0.306 e. The van der Waals surface area contributed by atoms with Gasteiger partial charge in [0.2, 0.25) is 0 Å².